The Bertz CT molecular complexity index is 599. The van der Waals surface area contributed by atoms with E-state index in [1.807, 2.05) is 6.92 Å². The highest BCUT2D eigenvalue weighted by Gasteiger charge is 2.16. The Hall–Kier alpha value is -2.08. The van der Waals surface area contributed by atoms with Crippen molar-refractivity contribution in [3.05, 3.63) is 40.8 Å². The SMILES string of the molecule is CCCNc1cc(C(=O)NC(C)c2cn[nH]c2)c(Cl)cn1. The molecule has 112 valence electrons. The van der Waals surface area contributed by atoms with Crippen LogP contribution in [0.15, 0.2) is 24.7 Å². The van der Waals surface area contributed by atoms with Gasteiger partial charge in [-0.2, -0.15) is 5.10 Å². The van der Waals surface area contributed by atoms with Gasteiger partial charge in [0.25, 0.3) is 5.91 Å². The minimum atomic E-state index is -0.240. The third-order valence-electron chi connectivity index (χ3n) is 3.02. The quantitative estimate of drug-likeness (QED) is 0.766. The number of carbonyl (C=O) groups is 1. The van der Waals surface area contributed by atoms with Crippen LogP contribution in [-0.4, -0.2) is 27.6 Å². The maximum absolute atomic E-state index is 12.3. The Labute approximate surface area is 128 Å². The van der Waals surface area contributed by atoms with E-state index < -0.39 is 0 Å². The van der Waals surface area contributed by atoms with Crippen LogP contribution in [0.4, 0.5) is 5.82 Å². The number of H-pyrrole nitrogens is 1. The van der Waals surface area contributed by atoms with Crippen LogP contribution >= 0.6 is 11.6 Å². The Morgan fingerprint density at radius 3 is 2.95 bits per heavy atom. The summed E-state index contributed by atoms with van der Waals surface area (Å²) >= 11 is 6.06. The number of nitrogens with one attached hydrogen (secondary N) is 3. The average molecular weight is 308 g/mol. The fourth-order valence-electron chi connectivity index (χ4n) is 1.82. The number of nitrogens with zero attached hydrogens (tertiary/aromatic N) is 2. The molecule has 0 aliphatic heterocycles. The van der Waals surface area contributed by atoms with Crippen LogP contribution in [0.2, 0.25) is 5.02 Å². The number of aromatic nitrogens is 3. The van der Waals surface area contributed by atoms with Gasteiger partial charge in [-0.05, 0) is 19.4 Å². The first-order valence-corrected chi connectivity index (χ1v) is 7.18. The van der Waals surface area contributed by atoms with Gasteiger partial charge in [0.15, 0.2) is 0 Å². The summed E-state index contributed by atoms with van der Waals surface area (Å²) in [4.78, 5) is 16.5. The highest BCUT2D eigenvalue weighted by Crippen LogP contribution is 2.19. The zero-order chi connectivity index (χ0) is 15.2. The summed E-state index contributed by atoms with van der Waals surface area (Å²) in [6, 6.07) is 1.50. The number of carbonyl (C=O) groups excluding carboxylic acids is 1. The Balaban J connectivity index is 2.10. The van der Waals surface area contributed by atoms with Crippen molar-refractivity contribution < 1.29 is 4.79 Å². The molecule has 1 atom stereocenters. The molecule has 0 bridgehead atoms. The third-order valence-corrected chi connectivity index (χ3v) is 3.32. The van der Waals surface area contributed by atoms with Gasteiger partial charge in [-0.1, -0.05) is 18.5 Å². The molecule has 7 heteroatoms. The lowest BCUT2D eigenvalue weighted by Crippen LogP contribution is -2.26. The predicted octanol–water partition coefficient (Wildman–Crippen LogP) is 2.77. The van der Waals surface area contributed by atoms with Crippen molar-refractivity contribution in [1.82, 2.24) is 20.5 Å². The summed E-state index contributed by atoms with van der Waals surface area (Å²) in [5.41, 5.74) is 1.30. The van der Waals surface area contributed by atoms with Crippen molar-refractivity contribution in [2.45, 2.75) is 26.3 Å². The maximum Gasteiger partial charge on any atom is 0.253 e. The van der Waals surface area contributed by atoms with E-state index in [2.05, 4.69) is 32.7 Å². The second-order valence-electron chi connectivity index (χ2n) is 4.70. The standard InChI is InChI=1S/C14H18ClN5O/c1-3-4-16-13-5-11(12(15)8-17-13)14(21)20-9(2)10-6-18-19-7-10/h5-9H,3-4H2,1-2H3,(H,16,17)(H,18,19)(H,20,21). The van der Waals surface area contributed by atoms with Gasteiger partial charge in [0.1, 0.15) is 5.82 Å². The van der Waals surface area contributed by atoms with E-state index in [-0.39, 0.29) is 11.9 Å². The number of hydrogen-bond donors (Lipinski definition) is 3. The minimum absolute atomic E-state index is 0.160. The van der Waals surface area contributed by atoms with Crippen LogP contribution in [0, 0.1) is 0 Å². The highest BCUT2D eigenvalue weighted by atomic mass is 35.5. The molecule has 0 aliphatic carbocycles. The number of aromatic amines is 1. The lowest BCUT2D eigenvalue weighted by Gasteiger charge is -2.13. The zero-order valence-electron chi connectivity index (χ0n) is 12.0. The molecule has 6 nitrogen and oxygen atoms in total. The van der Waals surface area contributed by atoms with E-state index in [0.29, 0.717) is 16.4 Å². The van der Waals surface area contributed by atoms with Gasteiger partial charge in [0.05, 0.1) is 22.8 Å². The second-order valence-corrected chi connectivity index (χ2v) is 5.11. The molecule has 0 spiro atoms. The zero-order valence-corrected chi connectivity index (χ0v) is 12.7. The number of amides is 1. The molecule has 0 radical (unpaired) electrons. The predicted molar refractivity (Wildman–Crippen MR) is 82.5 cm³/mol. The summed E-state index contributed by atoms with van der Waals surface area (Å²) in [5.74, 6) is 0.401. The lowest BCUT2D eigenvalue weighted by atomic mass is 10.1. The number of hydrogen-bond acceptors (Lipinski definition) is 4. The average Bonchev–Trinajstić information content (AvgIpc) is 3.00. The first-order valence-electron chi connectivity index (χ1n) is 6.80. The summed E-state index contributed by atoms with van der Waals surface area (Å²) < 4.78 is 0. The number of pyridine rings is 1. The van der Waals surface area contributed by atoms with Crippen molar-refractivity contribution in [3.63, 3.8) is 0 Å². The molecule has 0 aromatic carbocycles. The van der Waals surface area contributed by atoms with Gasteiger partial charge >= 0.3 is 0 Å². The molecule has 0 fully saturated rings. The topological polar surface area (TPSA) is 82.7 Å². The van der Waals surface area contributed by atoms with E-state index >= 15 is 0 Å². The summed E-state index contributed by atoms with van der Waals surface area (Å²) in [7, 11) is 0. The van der Waals surface area contributed by atoms with Crippen LogP contribution < -0.4 is 10.6 Å². The fourth-order valence-corrected chi connectivity index (χ4v) is 2.01. The van der Waals surface area contributed by atoms with E-state index in [1.54, 1.807) is 18.5 Å². The first kappa shape index (κ1) is 15.3. The van der Waals surface area contributed by atoms with Crippen LogP contribution in [0.5, 0.6) is 0 Å². The molecule has 0 saturated carbocycles. The number of rotatable bonds is 6. The molecular formula is C14H18ClN5O. The van der Waals surface area contributed by atoms with Crippen LogP contribution in [0.25, 0.3) is 0 Å². The number of halogens is 1. The molecule has 1 amide bonds. The minimum Gasteiger partial charge on any atom is -0.370 e. The summed E-state index contributed by atoms with van der Waals surface area (Å²) in [6.07, 6.45) is 5.88. The molecule has 2 aromatic rings. The molecule has 2 aromatic heterocycles. The molecule has 2 rings (SSSR count). The van der Waals surface area contributed by atoms with E-state index in [0.717, 1.165) is 18.5 Å². The van der Waals surface area contributed by atoms with Gasteiger partial charge in [-0.15, -0.1) is 0 Å². The Morgan fingerprint density at radius 2 is 2.29 bits per heavy atom. The van der Waals surface area contributed by atoms with Crippen molar-refractivity contribution in [2.24, 2.45) is 0 Å². The fraction of sp³-hybridized carbons (Fsp3) is 0.357. The third kappa shape index (κ3) is 3.95. The lowest BCUT2D eigenvalue weighted by molar-refractivity contribution is 0.0940. The molecule has 3 N–H and O–H groups in total. The van der Waals surface area contributed by atoms with Crippen LogP contribution in [0.3, 0.4) is 0 Å². The van der Waals surface area contributed by atoms with Crippen molar-refractivity contribution in [1.29, 1.82) is 0 Å². The molecule has 2 heterocycles. The molecule has 21 heavy (non-hydrogen) atoms. The molecule has 0 saturated heterocycles. The largest absolute Gasteiger partial charge is 0.370 e. The van der Waals surface area contributed by atoms with Crippen LogP contribution in [-0.2, 0) is 0 Å². The van der Waals surface area contributed by atoms with E-state index in [9.17, 15) is 4.79 Å². The van der Waals surface area contributed by atoms with Gasteiger partial charge in [0, 0.05) is 24.5 Å². The van der Waals surface area contributed by atoms with E-state index in [4.69, 9.17) is 11.6 Å². The van der Waals surface area contributed by atoms with Gasteiger partial charge < -0.3 is 10.6 Å². The monoisotopic (exact) mass is 307 g/mol. The first-order chi connectivity index (χ1) is 10.1. The normalized spacial score (nSPS) is 12.0. The smallest absolute Gasteiger partial charge is 0.253 e. The van der Waals surface area contributed by atoms with Crippen LogP contribution in [0.1, 0.15) is 42.2 Å². The van der Waals surface area contributed by atoms with Crippen molar-refractivity contribution in [2.75, 3.05) is 11.9 Å². The molecular weight excluding hydrogens is 290 g/mol. The second kappa shape index (κ2) is 7.08. The van der Waals surface area contributed by atoms with Crippen molar-refractivity contribution in [3.8, 4) is 0 Å². The van der Waals surface area contributed by atoms with Gasteiger partial charge in [-0.25, -0.2) is 4.98 Å². The maximum atomic E-state index is 12.3. The summed E-state index contributed by atoms with van der Waals surface area (Å²) in [6.45, 7) is 4.73. The Kier molecular flexibility index (Phi) is 5.16. The van der Waals surface area contributed by atoms with Gasteiger partial charge in [-0.3, -0.25) is 9.89 Å². The van der Waals surface area contributed by atoms with Crippen molar-refractivity contribution >= 4 is 23.3 Å². The molecule has 1 unspecified atom stereocenters. The Morgan fingerprint density at radius 1 is 1.48 bits per heavy atom. The highest BCUT2D eigenvalue weighted by molar-refractivity contribution is 6.33. The molecule has 0 aliphatic rings. The summed E-state index contributed by atoms with van der Waals surface area (Å²) in [5, 5.41) is 12.9. The number of anilines is 1. The van der Waals surface area contributed by atoms with E-state index in [1.165, 1.54) is 6.20 Å². The van der Waals surface area contributed by atoms with Gasteiger partial charge in [0.2, 0.25) is 0 Å².